The van der Waals surface area contributed by atoms with Crippen LogP contribution in [0.25, 0.3) is 0 Å². The van der Waals surface area contributed by atoms with Crippen LogP contribution in [0, 0.1) is 0 Å². The monoisotopic (exact) mass is 202 g/mol. The van der Waals surface area contributed by atoms with Crippen LogP contribution in [-0.4, -0.2) is 42.1 Å². The highest BCUT2D eigenvalue weighted by Crippen LogP contribution is 2.11. The summed E-state index contributed by atoms with van der Waals surface area (Å²) in [5.74, 6) is 2.09. The summed E-state index contributed by atoms with van der Waals surface area (Å²) in [5, 5.41) is 3.19. The lowest BCUT2D eigenvalue weighted by Crippen LogP contribution is -2.43. The Morgan fingerprint density at radius 2 is 2.46 bits per heavy atom. The maximum absolute atomic E-state index is 11.7. The van der Waals surface area contributed by atoms with Crippen molar-refractivity contribution in [2.45, 2.75) is 25.8 Å². The van der Waals surface area contributed by atoms with Crippen LogP contribution in [0.3, 0.4) is 0 Å². The lowest BCUT2D eigenvalue weighted by Gasteiger charge is -2.20. The molecule has 1 rings (SSSR count). The highest BCUT2D eigenvalue weighted by molar-refractivity contribution is 7.99. The van der Waals surface area contributed by atoms with Gasteiger partial charge in [-0.25, -0.2) is 0 Å². The van der Waals surface area contributed by atoms with E-state index in [-0.39, 0.29) is 11.9 Å². The third-order valence-electron chi connectivity index (χ3n) is 2.24. The number of thioether (sulfide) groups is 1. The normalized spacial score (nSPS) is 21.8. The Hall–Kier alpha value is -0.220. The maximum Gasteiger partial charge on any atom is 0.240 e. The Morgan fingerprint density at radius 3 is 3.00 bits per heavy atom. The summed E-state index contributed by atoms with van der Waals surface area (Å²) in [4.78, 5) is 13.5. The molecular weight excluding hydrogens is 184 g/mol. The maximum atomic E-state index is 11.7. The van der Waals surface area contributed by atoms with E-state index in [1.165, 1.54) is 0 Å². The Morgan fingerprint density at radius 1 is 1.69 bits per heavy atom. The highest BCUT2D eigenvalue weighted by Gasteiger charge is 2.24. The van der Waals surface area contributed by atoms with Crippen LogP contribution < -0.4 is 5.32 Å². The van der Waals surface area contributed by atoms with Gasteiger partial charge >= 0.3 is 0 Å². The fourth-order valence-electron chi connectivity index (χ4n) is 1.33. The van der Waals surface area contributed by atoms with Crippen molar-refractivity contribution in [2.75, 3.05) is 25.2 Å². The van der Waals surface area contributed by atoms with E-state index in [0.29, 0.717) is 0 Å². The molecule has 1 heterocycles. The molecule has 0 radical (unpaired) electrons. The van der Waals surface area contributed by atoms with Crippen molar-refractivity contribution in [3.8, 4) is 0 Å². The summed E-state index contributed by atoms with van der Waals surface area (Å²) >= 11 is 1.79. The number of carbonyl (C=O) groups is 1. The van der Waals surface area contributed by atoms with Gasteiger partial charge in [0.1, 0.15) is 0 Å². The molecule has 1 amide bonds. The molecule has 3 nitrogen and oxygen atoms in total. The number of unbranched alkanes of at least 4 members (excludes halogenated alkanes) is 1. The molecule has 0 saturated carbocycles. The molecule has 1 aliphatic heterocycles. The summed E-state index contributed by atoms with van der Waals surface area (Å²) in [6.45, 7) is 3.03. The van der Waals surface area contributed by atoms with Gasteiger partial charge in [0.2, 0.25) is 5.91 Å². The van der Waals surface area contributed by atoms with Gasteiger partial charge in [0, 0.05) is 25.2 Å². The second-order valence-electron chi connectivity index (χ2n) is 3.39. The van der Waals surface area contributed by atoms with Gasteiger partial charge in [0.15, 0.2) is 0 Å². The first kappa shape index (κ1) is 10.9. The summed E-state index contributed by atoms with van der Waals surface area (Å²) in [7, 11) is 1.89. The van der Waals surface area contributed by atoms with Gasteiger partial charge in [0.25, 0.3) is 0 Å². The van der Waals surface area contributed by atoms with E-state index in [2.05, 4.69) is 12.2 Å². The molecule has 1 unspecified atom stereocenters. The van der Waals surface area contributed by atoms with Crippen LogP contribution in [0.5, 0.6) is 0 Å². The first-order valence-corrected chi connectivity index (χ1v) is 5.97. The Labute approximate surface area is 84.2 Å². The molecule has 4 heteroatoms. The third kappa shape index (κ3) is 3.19. The average molecular weight is 202 g/mol. The predicted octanol–water partition coefficient (Wildman–Crippen LogP) is 0.907. The minimum Gasteiger partial charge on any atom is -0.344 e. The van der Waals surface area contributed by atoms with Crippen molar-refractivity contribution in [3.63, 3.8) is 0 Å². The van der Waals surface area contributed by atoms with E-state index in [1.54, 1.807) is 11.8 Å². The zero-order valence-corrected chi connectivity index (χ0v) is 9.19. The second-order valence-corrected chi connectivity index (χ2v) is 4.42. The number of hydrogen-bond donors (Lipinski definition) is 1. The van der Waals surface area contributed by atoms with Crippen molar-refractivity contribution in [2.24, 2.45) is 0 Å². The van der Waals surface area contributed by atoms with Crippen LogP contribution in [0.1, 0.15) is 19.8 Å². The molecule has 0 aromatic rings. The number of likely N-dealkylation sites (N-methyl/N-ethyl adjacent to an activating group) is 1. The van der Waals surface area contributed by atoms with Crippen LogP contribution >= 0.6 is 11.8 Å². The Bertz CT molecular complexity index is 169. The fraction of sp³-hybridized carbons (Fsp3) is 0.889. The Balaban J connectivity index is 2.28. The van der Waals surface area contributed by atoms with Crippen LogP contribution in [0.4, 0.5) is 0 Å². The van der Waals surface area contributed by atoms with Crippen molar-refractivity contribution >= 4 is 17.7 Å². The van der Waals surface area contributed by atoms with Crippen molar-refractivity contribution in [3.05, 3.63) is 0 Å². The summed E-state index contributed by atoms with van der Waals surface area (Å²) < 4.78 is 0. The molecule has 0 spiro atoms. The van der Waals surface area contributed by atoms with Gasteiger partial charge in [-0.1, -0.05) is 13.3 Å². The van der Waals surface area contributed by atoms with Gasteiger partial charge < -0.3 is 4.90 Å². The Kier molecular flexibility index (Phi) is 4.59. The molecule has 0 bridgehead atoms. The van der Waals surface area contributed by atoms with Crippen LogP contribution in [0.15, 0.2) is 0 Å². The van der Waals surface area contributed by atoms with E-state index in [9.17, 15) is 4.79 Å². The zero-order chi connectivity index (χ0) is 9.68. The lowest BCUT2D eigenvalue weighted by molar-refractivity contribution is -0.131. The largest absolute Gasteiger partial charge is 0.344 e. The molecule has 1 atom stereocenters. The molecule has 1 aliphatic rings. The minimum atomic E-state index is 0.0619. The molecular formula is C9H18N2OS. The van der Waals surface area contributed by atoms with Crippen molar-refractivity contribution in [1.82, 2.24) is 10.2 Å². The number of nitrogens with zero attached hydrogens (tertiary/aromatic N) is 1. The molecule has 0 aliphatic carbocycles. The van der Waals surface area contributed by atoms with E-state index in [4.69, 9.17) is 0 Å². The summed E-state index contributed by atoms with van der Waals surface area (Å²) in [6, 6.07) is 0.0619. The SMILES string of the molecule is CCCCN(C)C(=O)C1CSCN1. The second kappa shape index (κ2) is 5.50. The van der Waals surface area contributed by atoms with E-state index < -0.39 is 0 Å². The van der Waals surface area contributed by atoms with Gasteiger partial charge in [-0.3, -0.25) is 10.1 Å². The lowest BCUT2D eigenvalue weighted by atomic mass is 10.2. The number of amides is 1. The van der Waals surface area contributed by atoms with E-state index in [0.717, 1.165) is 31.0 Å². The number of hydrogen-bond acceptors (Lipinski definition) is 3. The van der Waals surface area contributed by atoms with Gasteiger partial charge in [-0.15, -0.1) is 11.8 Å². The third-order valence-corrected chi connectivity index (χ3v) is 3.18. The standard InChI is InChI=1S/C9H18N2OS/c1-3-4-5-11(2)9(12)8-6-13-7-10-8/h8,10H,3-7H2,1-2H3. The topological polar surface area (TPSA) is 32.3 Å². The van der Waals surface area contributed by atoms with Crippen LogP contribution in [0.2, 0.25) is 0 Å². The van der Waals surface area contributed by atoms with Gasteiger partial charge in [-0.05, 0) is 6.42 Å². The zero-order valence-electron chi connectivity index (χ0n) is 8.38. The van der Waals surface area contributed by atoms with Crippen molar-refractivity contribution < 1.29 is 4.79 Å². The fourth-order valence-corrected chi connectivity index (χ4v) is 2.26. The smallest absolute Gasteiger partial charge is 0.240 e. The minimum absolute atomic E-state index is 0.0619. The molecule has 76 valence electrons. The molecule has 0 aromatic carbocycles. The quantitative estimate of drug-likeness (QED) is 0.735. The molecule has 0 aromatic heterocycles. The van der Waals surface area contributed by atoms with E-state index in [1.807, 2.05) is 11.9 Å². The van der Waals surface area contributed by atoms with Gasteiger partial charge in [-0.2, -0.15) is 0 Å². The van der Waals surface area contributed by atoms with Gasteiger partial charge in [0.05, 0.1) is 6.04 Å². The predicted molar refractivity (Wildman–Crippen MR) is 56.8 cm³/mol. The number of carbonyl (C=O) groups excluding carboxylic acids is 1. The van der Waals surface area contributed by atoms with E-state index >= 15 is 0 Å². The molecule has 1 saturated heterocycles. The number of nitrogens with one attached hydrogen (secondary N) is 1. The molecule has 1 N–H and O–H groups in total. The molecule has 1 fully saturated rings. The first-order chi connectivity index (χ1) is 6.25. The highest BCUT2D eigenvalue weighted by atomic mass is 32.2. The number of rotatable bonds is 4. The summed E-state index contributed by atoms with van der Waals surface area (Å²) in [5.41, 5.74) is 0. The summed E-state index contributed by atoms with van der Waals surface area (Å²) in [6.07, 6.45) is 2.24. The van der Waals surface area contributed by atoms with Crippen LogP contribution in [-0.2, 0) is 4.79 Å². The molecule has 13 heavy (non-hydrogen) atoms. The average Bonchev–Trinajstić information content (AvgIpc) is 2.65. The first-order valence-electron chi connectivity index (χ1n) is 4.81. The van der Waals surface area contributed by atoms with Crippen molar-refractivity contribution in [1.29, 1.82) is 0 Å².